The first-order valence-corrected chi connectivity index (χ1v) is 11.3. The molecule has 5 rings (SSSR count). The van der Waals surface area contributed by atoms with Crippen LogP contribution >= 0.6 is 23.2 Å². The summed E-state index contributed by atoms with van der Waals surface area (Å²) in [7, 11) is 0. The summed E-state index contributed by atoms with van der Waals surface area (Å²) >= 11 is 12.9. The van der Waals surface area contributed by atoms with E-state index >= 15 is 0 Å². The number of amides is 1. The molecule has 8 heteroatoms. The molecule has 1 fully saturated rings. The summed E-state index contributed by atoms with van der Waals surface area (Å²) in [5.74, 6) is 0.678. The van der Waals surface area contributed by atoms with Crippen LogP contribution in [0.15, 0.2) is 72.2 Å². The maximum absolute atomic E-state index is 13.8. The largest absolute Gasteiger partial charge is 0.368 e. The number of benzene rings is 2. The number of anilines is 2. The Balaban J connectivity index is 1.46. The van der Waals surface area contributed by atoms with Gasteiger partial charge in [-0.3, -0.25) is 4.79 Å². The molecule has 2 aliphatic rings. The van der Waals surface area contributed by atoms with Crippen molar-refractivity contribution in [2.75, 3.05) is 36.4 Å². The molecule has 0 spiro atoms. The first-order valence-electron chi connectivity index (χ1n) is 10.6. The number of nitrogens with zero attached hydrogens (tertiary/aromatic N) is 4. The number of nitrogens with one attached hydrogen (secondary N) is 1. The van der Waals surface area contributed by atoms with Crippen LogP contribution in [0.3, 0.4) is 0 Å². The molecule has 2 aromatic carbocycles. The van der Waals surface area contributed by atoms with Gasteiger partial charge in [0.2, 0.25) is 5.95 Å². The second-order valence-corrected chi connectivity index (χ2v) is 8.77. The van der Waals surface area contributed by atoms with Crippen LogP contribution in [-0.4, -0.2) is 46.5 Å². The van der Waals surface area contributed by atoms with Crippen LogP contribution in [0.1, 0.15) is 18.5 Å². The summed E-state index contributed by atoms with van der Waals surface area (Å²) < 4.78 is 1.94. The number of aromatic nitrogens is 2. The van der Waals surface area contributed by atoms with Gasteiger partial charge in [-0.2, -0.15) is 0 Å². The average Bonchev–Trinajstić information content (AvgIpc) is 3.28. The lowest BCUT2D eigenvalue weighted by atomic mass is 9.94. The van der Waals surface area contributed by atoms with E-state index in [0.717, 1.165) is 24.4 Å². The molecule has 1 unspecified atom stereocenters. The lowest BCUT2D eigenvalue weighted by Gasteiger charge is -2.39. The third-order valence-corrected chi connectivity index (χ3v) is 6.95. The molecule has 2 aliphatic heterocycles. The van der Waals surface area contributed by atoms with Crippen LogP contribution in [0.5, 0.6) is 0 Å². The summed E-state index contributed by atoms with van der Waals surface area (Å²) in [6, 6.07) is 15.4. The number of allylic oxidation sites excluding steroid dienone is 1. The maximum atomic E-state index is 13.8. The monoisotopic (exact) mass is 467 g/mol. The van der Waals surface area contributed by atoms with Crippen molar-refractivity contribution >= 4 is 40.7 Å². The summed E-state index contributed by atoms with van der Waals surface area (Å²) in [6.45, 7) is 4.79. The van der Waals surface area contributed by atoms with Crippen molar-refractivity contribution in [3.8, 4) is 0 Å². The molecule has 3 heterocycles. The van der Waals surface area contributed by atoms with Gasteiger partial charge in [-0.15, -0.1) is 0 Å². The number of imidazole rings is 1. The molecular weight excluding hydrogens is 445 g/mol. The minimum absolute atomic E-state index is 0.00287. The predicted octanol–water partition coefficient (Wildman–Crippen LogP) is 4.83. The molecule has 0 radical (unpaired) electrons. The van der Waals surface area contributed by atoms with E-state index in [4.69, 9.17) is 23.2 Å². The van der Waals surface area contributed by atoms with E-state index in [-0.39, 0.29) is 5.91 Å². The van der Waals surface area contributed by atoms with Gasteiger partial charge >= 0.3 is 0 Å². The van der Waals surface area contributed by atoms with Crippen LogP contribution < -0.4 is 10.2 Å². The highest BCUT2D eigenvalue weighted by atomic mass is 35.5. The van der Waals surface area contributed by atoms with Crippen molar-refractivity contribution in [3.05, 3.63) is 87.8 Å². The molecule has 3 aromatic rings. The van der Waals surface area contributed by atoms with Crippen LogP contribution in [0.25, 0.3) is 0 Å². The second-order valence-electron chi connectivity index (χ2n) is 7.98. The Kier molecular flexibility index (Phi) is 5.57. The molecule has 0 saturated carbocycles. The molecule has 32 heavy (non-hydrogen) atoms. The minimum Gasteiger partial charge on any atom is -0.368 e. The van der Waals surface area contributed by atoms with Gasteiger partial charge in [-0.1, -0.05) is 53.5 Å². The van der Waals surface area contributed by atoms with Gasteiger partial charge in [0.1, 0.15) is 0 Å². The van der Waals surface area contributed by atoms with Crippen molar-refractivity contribution in [3.63, 3.8) is 0 Å². The number of carbonyl (C=O) groups excluding carboxylic acids is 1. The Hall–Kier alpha value is -2.96. The van der Waals surface area contributed by atoms with Crippen LogP contribution in [0, 0.1) is 0 Å². The number of piperazine rings is 1. The number of fused-ring (bicyclic) bond motifs is 1. The highest BCUT2D eigenvalue weighted by molar-refractivity contribution is 6.42. The topological polar surface area (TPSA) is 53.4 Å². The van der Waals surface area contributed by atoms with E-state index in [2.05, 4.69) is 27.3 Å². The van der Waals surface area contributed by atoms with Gasteiger partial charge in [0.25, 0.3) is 5.91 Å². The van der Waals surface area contributed by atoms with Gasteiger partial charge < -0.3 is 19.7 Å². The standard InChI is InChI=1S/C24H23Cl2N5O/c1-16-20(23(32)30-14-12-29(13-15-30)17-6-3-2-4-7-17)22(31-11-10-27-24(31)28-16)18-8-5-9-19(25)21(18)26/h2-11,22H,12-15H2,1H3,(H,27,28). The first kappa shape index (κ1) is 20.9. The first-order chi connectivity index (χ1) is 15.5. The zero-order chi connectivity index (χ0) is 22.2. The number of hydrogen-bond donors (Lipinski definition) is 1. The summed E-state index contributed by atoms with van der Waals surface area (Å²) in [4.78, 5) is 22.4. The smallest absolute Gasteiger partial charge is 0.254 e. The van der Waals surface area contributed by atoms with E-state index in [0.29, 0.717) is 34.7 Å². The van der Waals surface area contributed by atoms with E-state index in [9.17, 15) is 4.79 Å². The lowest BCUT2D eigenvalue weighted by molar-refractivity contribution is -0.127. The molecule has 0 bridgehead atoms. The second kappa shape index (κ2) is 8.52. The van der Waals surface area contributed by atoms with Crippen LogP contribution in [0.4, 0.5) is 11.6 Å². The Morgan fingerprint density at radius 2 is 1.78 bits per heavy atom. The molecule has 0 aliphatic carbocycles. The predicted molar refractivity (Wildman–Crippen MR) is 128 cm³/mol. The van der Waals surface area contributed by atoms with Crippen LogP contribution in [0.2, 0.25) is 10.0 Å². The number of rotatable bonds is 3. The highest BCUT2D eigenvalue weighted by Gasteiger charge is 2.36. The third kappa shape index (κ3) is 3.63. The maximum Gasteiger partial charge on any atom is 0.254 e. The molecule has 6 nitrogen and oxygen atoms in total. The van der Waals surface area contributed by atoms with Gasteiger partial charge in [0.15, 0.2) is 0 Å². The van der Waals surface area contributed by atoms with Gasteiger partial charge in [0, 0.05) is 50.0 Å². The molecule has 164 valence electrons. The molecule has 1 N–H and O–H groups in total. The molecule has 1 saturated heterocycles. The van der Waals surface area contributed by atoms with Crippen molar-refractivity contribution in [1.29, 1.82) is 0 Å². The molecule has 1 atom stereocenters. The molecular formula is C24H23Cl2N5O. The van der Waals surface area contributed by atoms with E-state index in [1.54, 1.807) is 12.3 Å². The number of carbonyl (C=O) groups is 1. The van der Waals surface area contributed by atoms with Gasteiger partial charge in [-0.05, 0) is 30.7 Å². The quantitative estimate of drug-likeness (QED) is 0.599. The Morgan fingerprint density at radius 3 is 2.53 bits per heavy atom. The fraction of sp³-hybridized carbons (Fsp3) is 0.250. The fourth-order valence-corrected chi connectivity index (χ4v) is 4.90. The van der Waals surface area contributed by atoms with Gasteiger partial charge in [-0.25, -0.2) is 4.98 Å². The zero-order valence-corrected chi connectivity index (χ0v) is 19.1. The summed E-state index contributed by atoms with van der Waals surface area (Å²) in [5.41, 5.74) is 3.40. The molecule has 1 aromatic heterocycles. The lowest BCUT2D eigenvalue weighted by Crippen LogP contribution is -2.50. The van der Waals surface area contributed by atoms with Crippen LogP contribution in [-0.2, 0) is 4.79 Å². The normalized spacial score (nSPS) is 18.4. The summed E-state index contributed by atoms with van der Waals surface area (Å²) in [6.07, 6.45) is 3.57. The average molecular weight is 468 g/mol. The third-order valence-electron chi connectivity index (χ3n) is 6.12. The van der Waals surface area contributed by atoms with E-state index in [1.807, 2.05) is 52.9 Å². The van der Waals surface area contributed by atoms with Crippen molar-refractivity contribution in [1.82, 2.24) is 14.5 Å². The zero-order valence-electron chi connectivity index (χ0n) is 17.6. The Labute approximate surface area is 197 Å². The SMILES string of the molecule is CC1=C(C(=O)N2CCN(c3ccccc3)CC2)C(c2cccc(Cl)c2Cl)n2ccnc2N1. The summed E-state index contributed by atoms with van der Waals surface area (Å²) in [5, 5.41) is 4.19. The van der Waals surface area contributed by atoms with Crippen molar-refractivity contribution < 1.29 is 4.79 Å². The van der Waals surface area contributed by atoms with E-state index in [1.165, 1.54) is 5.69 Å². The fourth-order valence-electron chi connectivity index (χ4n) is 4.49. The number of para-hydroxylation sites is 1. The number of hydrogen-bond acceptors (Lipinski definition) is 4. The van der Waals surface area contributed by atoms with Crippen molar-refractivity contribution in [2.24, 2.45) is 0 Å². The highest BCUT2D eigenvalue weighted by Crippen LogP contribution is 2.41. The Bertz CT molecular complexity index is 1180. The number of halogens is 2. The molecule has 1 amide bonds. The van der Waals surface area contributed by atoms with E-state index < -0.39 is 6.04 Å². The van der Waals surface area contributed by atoms with Crippen molar-refractivity contribution in [2.45, 2.75) is 13.0 Å². The minimum atomic E-state index is -0.403. The van der Waals surface area contributed by atoms with Gasteiger partial charge in [0.05, 0.1) is 21.7 Å². The Morgan fingerprint density at radius 1 is 1.03 bits per heavy atom.